The average Bonchev–Trinajstić information content (AvgIpc) is 2.99. The largest absolute Gasteiger partial charge is 0.497 e. The lowest BCUT2D eigenvalue weighted by atomic mass is 10.1. The second-order valence-electron chi connectivity index (χ2n) is 8.16. The monoisotopic (exact) mass is 462 g/mol. The van der Waals surface area contributed by atoms with Gasteiger partial charge in [0, 0.05) is 29.9 Å². The summed E-state index contributed by atoms with van der Waals surface area (Å²) in [4.78, 5) is 27.6. The van der Waals surface area contributed by atoms with E-state index in [9.17, 15) is 14.0 Å². The molecule has 176 valence electrons. The van der Waals surface area contributed by atoms with Crippen LogP contribution in [0.2, 0.25) is 0 Å². The molecular weight excluding hydrogens is 435 g/mol. The number of halogens is 1. The molecule has 1 N–H and O–H groups in total. The number of nitrogens with one attached hydrogen (secondary N) is 1. The minimum atomic E-state index is -0.577. The second kappa shape index (κ2) is 10.4. The molecule has 1 atom stereocenters. The number of fused-ring (bicyclic) bond motifs is 1. The number of nitrogens with zero attached hydrogens (tertiary/aromatic N) is 1. The second-order valence-corrected chi connectivity index (χ2v) is 8.16. The Labute approximate surface area is 198 Å². The first-order chi connectivity index (χ1) is 16.5. The highest BCUT2D eigenvalue weighted by molar-refractivity contribution is 6.04. The van der Waals surface area contributed by atoms with Crippen molar-refractivity contribution in [3.63, 3.8) is 0 Å². The molecule has 1 heterocycles. The molecule has 0 radical (unpaired) electrons. The first-order valence-corrected chi connectivity index (χ1v) is 11.2. The molecule has 0 saturated carbocycles. The molecule has 0 bridgehead atoms. The normalized spacial score (nSPS) is 15.2. The first kappa shape index (κ1) is 23.3. The number of carbonyl (C=O) groups is 2. The molecule has 1 unspecified atom stereocenters. The van der Waals surface area contributed by atoms with E-state index in [-0.39, 0.29) is 17.6 Å². The number of amides is 2. The van der Waals surface area contributed by atoms with E-state index in [0.29, 0.717) is 48.7 Å². The Morgan fingerprint density at radius 1 is 1.15 bits per heavy atom. The number of hydrogen-bond donors (Lipinski definition) is 1. The third kappa shape index (κ3) is 5.36. The zero-order chi connectivity index (χ0) is 24.1. The SMILES string of the molecule is CCC1Oc2ccc(NC(=O)c3cccc(OC)c3)cc2CN(CCc2ccc(F)cc2)C1=O. The summed E-state index contributed by atoms with van der Waals surface area (Å²) in [5.41, 5.74) is 2.85. The van der Waals surface area contributed by atoms with Gasteiger partial charge in [0.05, 0.1) is 7.11 Å². The maximum Gasteiger partial charge on any atom is 0.263 e. The summed E-state index contributed by atoms with van der Waals surface area (Å²) in [6, 6.07) is 18.6. The van der Waals surface area contributed by atoms with Gasteiger partial charge in [-0.05, 0) is 66.9 Å². The number of hydrogen-bond acceptors (Lipinski definition) is 4. The Hall–Kier alpha value is -3.87. The molecule has 2 amide bonds. The van der Waals surface area contributed by atoms with Gasteiger partial charge in [0.25, 0.3) is 11.8 Å². The molecule has 0 spiro atoms. The first-order valence-electron chi connectivity index (χ1n) is 11.2. The molecule has 0 aliphatic carbocycles. The summed E-state index contributed by atoms with van der Waals surface area (Å²) in [5, 5.41) is 2.91. The van der Waals surface area contributed by atoms with Gasteiger partial charge in [-0.2, -0.15) is 0 Å². The third-order valence-electron chi connectivity index (χ3n) is 5.82. The van der Waals surface area contributed by atoms with Crippen LogP contribution in [-0.4, -0.2) is 36.5 Å². The summed E-state index contributed by atoms with van der Waals surface area (Å²) in [7, 11) is 1.55. The van der Waals surface area contributed by atoms with E-state index < -0.39 is 6.10 Å². The Kier molecular flexibility index (Phi) is 7.11. The van der Waals surface area contributed by atoms with E-state index >= 15 is 0 Å². The van der Waals surface area contributed by atoms with Crippen LogP contribution >= 0.6 is 0 Å². The fourth-order valence-corrected chi connectivity index (χ4v) is 3.92. The lowest BCUT2D eigenvalue weighted by Gasteiger charge is -2.23. The van der Waals surface area contributed by atoms with Crippen LogP contribution < -0.4 is 14.8 Å². The van der Waals surface area contributed by atoms with E-state index in [1.807, 2.05) is 13.0 Å². The van der Waals surface area contributed by atoms with Crippen molar-refractivity contribution >= 4 is 17.5 Å². The van der Waals surface area contributed by atoms with Crippen LogP contribution in [-0.2, 0) is 17.8 Å². The molecule has 7 heteroatoms. The molecular formula is C27H27FN2O4. The third-order valence-corrected chi connectivity index (χ3v) is 5.82. The fraction of sp³-hybridized carbons (Fsp3) is 0.259. The van der Waals surface area contributed by atoms with Crippen LogP contribution in [0.4, 0.5) is 10.1 Å². The van der Waals surface area contributed by atoms with Gasteiger partial charge in [-0.25, -0.2) is 4.39 Å². The van der Waals surface area contributed by atoms with E-state index in [1.165, 1.54) is 12.1 Å². The lowest BCUT2D eigenvalue weighted by molar-refractivity contribution is -0.138. The molecule has 3 aromatic carbocycles. The van der Waals surface area contributed by atoms with Crippen LogP contribution in [0.5, 0.6) is 11.5 Å². The van der Waals surface area contributed by atoms with Crippen molar-refractivity contribution in [1.29, 1.82) is 0 Å². The molecule has 4 rings (SSSR count). The highest BCUT2D eigenvalue weighted by Crippen LogP contribution is 2.30. The van der Waals surface area contributed by atoms with Crippen LogP contribution in [0.3, 0.4) is 0 Å². The predicted octanol–water partition coefficient (Wildman–Crippen LogP) is 4.83. The van der Waals surface area contributed by atoms with Crippen molar-refractivity contribution in [2.45, 2.75) is 32.4 Å². The van der Waals surface area contributed by atoms with Crippen LogP contribution in [0, 0.1) is 5.82 Å². The van der Waals surface area contributed by atoms with Crippen molar-refractivity contribution in [2.75, 3.05) is 19.0 Å². The molecule has 1 aliphatic rings. The van der Waals surface area contributed by atoms with Crippen LogP contribution in [0.15, 0.2) is 66.7 Å². The summed E-state index contributed by atoms with van der Waals surface area (Å²) in [5.74, 6) is 0.603. The number of carbonyl (C=O) groups excluding carboxylic acids is 2. The molecule has 6 nitrogen and oxygen atoms in total. The van der Waals surface area contributed by atoms with Gasteiger partial charge in [0.1, 0.15) is 17.3 Å². The van der Waals surface area contributed by atoms with Gasteiger partial charge >= 0.3 is 0 Å². The highest BCUT2D eigenvalue weighted by atomic mass is 19.1. The van der Waals surface area contributed by atoms with Crippen molar-refractivity contribution < 1.29 is 23.5 Å². The summed E-state index contributed by atoms with van der Waals surface area (Å²) >= 11 is 0. The van der Waals surface area contributed by atoms with Gasteiger partial charge in [0.2, 0.25) is 0 Å². The van der Waals surface area contributed by atoms with Crippen molar-refractivity contribution in [3.05, 3.63) is 89.2 Å². The standard InChI is InChI=1S/C27H27FN2O4/c1-3-24-27(32)30(14-13-18-7-9-21(28)10-8-18)17-20-15-22(11-12-25(20)34-24)29-26(31)19-5-4-6-23(16-19)33-2/h4-12,15-16,24H,3,13-14,17H2,1-2H3,(H,29,31). The maximum absolute atomic E-state index is 13.2. The van der Waals surface area contributed by atoms with E-state index in [0.717, 1.165) is 11.1 Å². The Morgan fingerprint density at radius 2 is 1.94 bits per heavy atom. The van der Waals surface area contributed by atoms with E-state index in [4.69, 9.17) is 9.47 Å². The topological polar surface area (TPSA) is 67.9 Å². The van der Waals surface area contributed by atoms with Crippen LogP contribution in [0.1, 0.15) is 34.8 Å². The van der Waals surface area contributed by atoms with Gasteiger partial charge in [-0.3, -0.25) is 9.59 Å². The van der Waals surface area contributed by atoms with Gasteiger partial charge in [0.15, 0.2) is 6.10 Å². The highest BCUT2D eigenvalue weighted by Gasteiger charge is 2.29. The average molecular weight is 463 g/mol. The lowest BCUT2D eigenvalue weighted by Crippen LogP contribution is -2.40. The maximum atomic E-state index is 13.2. The van der Waals surface area contributed by atoms with Gasteiger partial charge in [-0.1, -0.05) is 25.1 Å². The molecule has 0 aromatic heterocycles. The van der Waals surface area contributed by atoms with E-state index in [2.05, 4.69) is 5.32 Å². The number of anilines is 1. The summed E-state index contributed by atoms with van der Waals surface area (Å²) in [6.45, 7) is 2.74. The van der Waals surface area contributed by atoms with E-state index in [1.54, 1.807) is 60.5 Å². The predicted molar refractivity (Wildman–Crippen MR) is 128 cm³/mol. The number of benzene rings is 3. The Balaban J connectivity index is 1.52. The van der Waals surface area contributed by atoms with Crippen molar-refractivity contribution in [3.8, 4) is 11.5 Å². The smallest absolute Gasteiger partial charge is 0.263 e. The van der Waals surface area contributed by atoms with Crippen molar-refractivity contribution in [2.24, 2.45) is 0 Å². The molecule has 3 aromatic rings. The number of ether oxygens (including phenoxy) is 2. The Bertz CT molecular complexity index is 1180. The fourth-order valence-electron chi connectivity index (χ4n) is 3.92. The minimum absolute atomic E-state index is 0.0808. The van der Waals surface area contributed by atoms with Gasteiger partial charge < -0.3 is 19.7 Å². The molecule has 0 fully saturated rings. The molecule has 0 saturated heterocycles. The van der Waals surface area contributed by atoms with Crippen LogP contribution in [0.25, 0.3) is 0 Å². The summed E-state index contributed by atoms with van der Waals surface area (Å²) in [6.07, 6.45) is 0.565. The number of rotatable bonds is 7. The summed E-state index contributed by atoms with van der Waals surface area (Å²) < 4.78 is 24.4. The zero-order valence-electron chi connectivity index (χ0n) is 19.2. The zero-order valence-corrected chi connectivity index (χ0v) is 19.2. The van der Waals surface area contributed by atoms with Crippen molar-refractivity contribution in [1.82, 2.24) is 4.90 Å². The van der Waals surface area contributed by atoms with Gasteiger partial charge in [-0.15, -0.1) is 0 Å². The quantitative estimate of drug-likeness (QED) is 0.546. The number of methoxy groups -OCH3 is 1. The molecule has 1 aliphatic heterocycles. The Morgan fingerprint density at radius 3 is 2.68 bits per heavy atom. The minimum Gasteiger partial charge on any atom is -0.497 e. The molecule has 34 heavy (non-hydrogen) atoms.